The second kappa shape index (κ2) is 9.85. The summed E-state index contributed by atoms with van der Waals surface area (Å²) in [6.07, 6.45) is 1.18. The van der Waals surface area contributed by atoms with Crippen molar-refractivity contribution in [3.63, 3.8) is 0 Å². The van der Waals surface area contributed by atoms with E-state index in [1.165, 1.54) is 34.2 Å². The summed E-state index contributed by atoms with van der Waals surface area (Å²) in [7, 11) is 0. The summed E-state index contributed by atoms with van der Waals surface area (Å²) < 4.78 is 0.803. The van der Waals surface area contributed by atoms with E-state index in [-0.39, 0.29) is 18.1 Å². The van der Waals surface area contributed by atoms with Gasteiger partial charge in [-0.2, -0.15) is 0 Å². The molecule has 1 N–H and O–H groups in total. The van der Waals surface area contributed by atoms with E-state index < -0.39 is 0 Å². The molecule has 1 aromatic heterocycles. The predicted octanol–water partition coefficient (Wildman–Crippen LogP) is 5.48. The van der Waals surface area contributed by atoms with Gasteiger partial charge in [0.1, 0.15) is 0 Å². The Labute approximate surface area is 179 Å². The number of benzene rings is 2. The summed E-state index contributed by atoms with van der Waals surface area (Å²) >= 11 is 2.88. The van der Waals surface area contributed by atoms with Gasteiger partial charge in [0.2, 0.25) is 5.91 Å². The molecule has 3 aromatic rings. The van der Waals surface area contributed by atoms with Gasteiger partial charge in [0.05, 0.1) is 17.9 Å². The molecule has 0 spiro atoms. The lowest BCUT2D eigenvalue weighted by atomic mass is 10.1. The second-order valence-corrected chi connectivity index (χ2v) is 8.97. The van der Waals surface area contributed by atoms with Crippen LogP contribution in [0.2, 0.25) is 0 Å². The fraction of sp³-hybridized carbons (Fsp3) is 0.261. The fourth-order valence-corrected chi connectivity index (χ4v) is 4.50. The van der Waals surface area contributed by atoms with E-state index in [0.29, 0.717) is 5.75 Å². The lowest BCUT2D eigenvalue weighted by Crippen LogP contribution is -2.14. The van der Waals surface area contributed by atoms with Crippen molar-refractivity contribution < 1.29 is 9.59 Å². The Bertz CT molecular complexity index is 1010. The van der Waals surface area contributed by atoms with Gasteiger partial charge in [0, 0.05) is 16.6 Å². The Morgan fingerprint density at radius 2 is 1.83 bits per heavy atom. The number of hydrogen-bond donors (Lipinski definition) is 1. The Morgan fingerprint density at radius 3 is 2.52 bits per heavy atom. The molecule has 0 aliphatic carbocycles. The van der Waals surface area contributed by atoms with E-state index in [9.17, 15) is 9.59 Å². The zero-order chi connectivity index (χ0) is 20.8. The van der Waals surface area contributed by atoms with Gasteiger partial charge < -0.3 is 5.32 Å². The quantitative estimate of drug-likeness (QED) is 0.384. The highest BCUT2D eigenvalue weighted by molar-refractivity contribution is 8.01. The largest absolute Gasteiger partial charge is 0.326 e. The third-order valence-electron chi connectivity index (χ3n) is 4.67. The molecule has 1 heterocycles. The average Bonchev–Trinajstić information content (AvgIpc) is 3.16. The molecule has 0 aliphatic heterocycles. The minimum Gasteiger partial charge on any atom is -0.326 e. The molecule has 0 radical (unpaired) electrons. The van der Waals surface area contributed by atoms with Crippen molar-refractivity contribution in [2.24, 2.45) is 0 Å². The number of amides is 1. The molecule has 0 bridgehead atoms. The maximum atomic E-state index is 12.3. The van der Waals surface area contributed by atoms with Gasteiger partial charge in [0.15, 0.2) is 10.1 Å². The first kappa shape index (κ1) is 21.3. The van der Waals surface area contributed by atoms with Crippen LogP contribution in [0.3, 0.4) is 0 Å². The third kappa shape index (κ3) is 6.02. The average molecular weight is 425 g/mol. The number of nitrogens with zero attached hydrogens (tertiary/aromatic N) is 1. The molecule has 0 fully saturated rings. The molecule has 0 unspecified atom stereocenters. The van der Waals surface area contributed by atoms with Crippen LogP contribution < -0.4 is 5.32 Å². The van der Waals surface area contributed by atoms with Crippen LogP contribution in [-0.4, -0.2) is 22.4 Å². The van der Waals surface area contributed by atoms with Gasteiger partial charge >= 0.3 is 0 Å². The van der Waals surface area contributed by atoms with Crippen molar-refractivity contribution in [1.82, 2.24) is 4.98 Å². The monoisotopic (exact) mass is 424 g/mol. The molecule has 6 heteroatoms. The van der Waals surface area contributed by atoms with Crippen LogP contribution in [0.5, 0.6) is 0 Å². The Morgan fingerprint density at radius 1 is 1.07 bits per heavy atom. The van der Waals surface area contributed by atoms with Crippen molar-refractivity contribution in [3.05, 3.63) is 75.8 Å². The van der Waals surface area contributed by atoms with Crippen molar-refractivity contribution in [3.8, 4) is 0 Å². The van der Waals surface area contributed by atoms with Crippen LogP contribution in [0.15, 0.2) is 52.2 Å². The number of carbonyl (C=O) groups excluding carboxylic acids is 2. The first-order chi connectivity index (χ1) is 13.9. The van der Waals surface area contributed by atoms with E-state index in [1.54, 1.807) is 0 Å². The van der Waals surface area contributed by atoms with Gasteiger partial charge in [-0.1, -0.05) is 49.0 Å². The number of anilines is 1. The molecule has 2 aromatic carbocycles. The maximum absolute atomic E-state index is 12.3. The zero-order valence-electron chi connectivity index (χ0n) is 16.8. The summed E-state index contributed by atoms with van der Waals surface area (Å²) in [4.78, 5) is 29.1. The molecule has 0 atom stereocenters. The number of carbonyl (C=O) groups is 2. The van der Waals surface area contributed by atoms with Crippen LogP contribution in [-0.2, 0) is 17.6 Å². The van der Waals surface area contributed by atoms with Crippen molar-refractivity contribution >= 4 is 40.5 Å². The van der Waals surface area contributed by atoms with Crippen LogP contribution in [0.4, 0.5) is 5.69 Å². The summed E-state index contributed by atoms with van der Waals surface area (Å²) in [5.41, 5.74) is 5.79. The van der Waals surface area contributed by atoms with Gasteiger partial charge in [-0.25, -0.2) is 4.98 Å². The second-order valence-electron chi connectivity index (χ2n) is 6.89. The summed E-state index contributed by atoms with van der Waals surface area (Å²) in [5, 5.41) is 4.79. The van der Waals surface area contributed by atoms with E-state index in [2.05, 4.69) is 17.2 Å². The van der Waals surface area contributed by atoms with Gasteiger partial charge in [-0.3, -0.25) is 9.59 Å². The van der Waals surface area contributed by atoms with E-state index in [4.69, 9.17) is 0 Å². The van der Waals surface area contributed by atoms with Crippen LogP contribution in [0.25, 0.3) is 0 Å². The summed E-state index contributed by atoms with van der Waals surface area (Å²) in [6.45, 7) is 6.16. The molecule has 0 saturated heterocycles. The lowest BCUT2D eigenvalue weighted by Gasteiger charge is -2.06. The number of nitrogens with one attached hydrogen (secondary N) is 1. The van der Waals surface area contributed by atoms with Gasteiger partial charge in [0.25, 0.3) is 0 Å². The number of thiazole rings is 1. The number of hydrogen-bond acceptors (Lipinski definition) is 5. The topological polar surface area (TPSA) is 59.1 Å². The molecule has 4 nitrogen and oxygen atoms in total. The normalized spacial score (nSPS) is 10.7. The summed E-state index contributed by atoms with van der Waals surface area (Å²) in [6, 6.07) is 13.6. The maximum Gasteiger partial charge on any atom is 0.230 e. The highest BCUT2D eigenvalue weighted by Crippen LogP contribution is 2.24. The van der Waals surface area contributed by atoms with Crippen molar-refractivity contribution in [2.45, 2.75) is 38.0 Å². The number of rotatable bonds is 8. The first-order valence-corrected chi connectivity index (χ1v) is 11.4. The molecular weight excluding hydrogens is 400 g/mol. The standard InChI is InChI=1S/C23H24N2O2S2/c1-4-17-6-8-18(9-7-17)21(26)14-29-23-25-20(13-28-23)12-22(27)24-19-10-5-15(2)16(3)11-19/h5-11,13H,4,12,14H2,1-3H3,(H,24,27). The zero-order valence-corrected chi connectivity index (χ0v) is 18.5. The molecule has 0 aliphatic rings. The predicted molar refractivity (Wildman–Crippen MR) is 121 cm³/mol. The highest BCUT2D eigenvalue weighted by Gasteiger charge is 2.12. The summed E-state index contributed by atoms with van der Waals surface area (Å²) in [5.74, 6) is 0.330. The number of Topliss-reactive ketones (excluding diaryl/α,β-unsaturated/α-hetero) is 1. The molecule has 3 rings (SSSR count). The third-order valence-corrected chi connectivity index (χ3v) is 6.74. The molecule has 29 heavy (non-hydrogen) atoms. The molecule has 150 valence electrons. The fourth-order valence-electron chi connectivity index (χ4n) is 2.76. The molecule has 0 saturated carbocycles. The van der Waals surface area contributed by atoms with Gasteiger partial charge in [-0.15, -0.1) is 11.3 Å². The molecule has 1 amide bonds. The Balaban J connectivity index is 1.51. The van der Waals surface area contributed by atoms with Crippen LogP contribution in [0.1, 0.15) is 39.7 Å². The minimum atomic E-state index is -0.0952. The Kier molecular flexibility index (Phi) is 7.23. The lowest BCUT2D eigenvalue weighted by molar-refractivity contribution is -0.115. The number of ketones is 1. The SMILES string of the molecule is CCc1ccc(C(=O)CSc2nc(CC(=O)Nc3ccc(C)c(C)c3)cs2)cc1. The van der Waals surface area contributed by atoms with Crippen LogP contribution >= 0.6 is 23.1 Å². The van der Waals surface area contributed by atoms with E-state index in [1.807, 2.05) is 61.7 Å². The molecular formula is C23H24N2O2S2. The highest BCUT2D eigenvalue weighted by atomic mass is 32.2. The van der Waals surface area contributed by atoms with Crippen molar-refractivity contribution in [2.75, 3.05) is 11.1 Å². The Hall–Kier alpha value is -2.44. The minimum absolute atomic E-state index is 0.0851. The van der Waals surface area contributed by atoms with E-state index in [0.717, 1.165) is 33.3 Å². The van der Waals surface area contributed by atoms with E-state index >= 15 is 0 Å². The number of aryl methyl sites for hydroxylation is 3. The smallest absolute Gasteiger partial charge is 0.230 e. The van der Waals surface area contributed by atoms with Gasteiger partial charge in [-0.05, 0) is 49.1 Å². The number of aromatic nitrogens is 1. The first-order valence-electron chi connectivity index (χ1n) is 9.51. The van der Waals surface area contributed by atoms with Crippen LogP contribution in [0, 0.1) is 13.8 Å². The van der Waals surface area contributed by atoms with Crippen molar-refractivity contribution in [1.29, 1.82) is 0 Å². The number of thioether (sulfide) groups is 1.